The van der Waals surface area contributed by atoms with Crippen LogP contribution in [0.3, 0.4) is 0 Å². The summed E-state index contributed by atoms with van der Waals surface area (Å²) in [5.41, 5.74) is 1.83. The van der Waals surface area contributed by atoms with Crippen LogP contribution in [-0.4, -0.2) is 9.61 Å². The number of aryl methyl sites for hydroxylation is 1. The van der Waals surface area contributed by atoms with Gasteiger partial charge in [-0.1, -0.05) is 34.7 Å². The first kappa shape index (κ1) is 13.3. The number of benzene rings is 1. The molecule has 0 spiro atoms. The largest absolute Gasteiger partial charge is 0.842 e. The average Bonchev–Trinajstić information content (AvgIpc) is 2.50. The van der Waals surface area contributed by atoms with E-state index in [1.54, 1.807) is 19.1 Å². The molecule has 5 heteroatoms. The van der Waals surface area contributed by atoms with Crippen LogP contribution in [0, 0.1) is 6.92 Å². The smallest absolute Gasteiger partial charge is 0.365 e. The molecule has 0 amide bonds. The van der Waals surface area contributed by atoms with E-state index in [1.165, 1.54) is 9.08 Å². The summed E-state index contributed by atoms with van der Waals surface area (Å²) in [6, 6.07) is 12.8. The lowest BCUT2D eigenvalue weighted by Crippen LogP contribution is -2.43. The number of aromatic nitrogens is 3. The monoisotopic (exact) mass is 281 g/mol. The van der Waals surface area contributed by atoms with Gasteiger partial charge in [-0.3, -0.25) is 0 Å². The zero-order chi connectivity index (χ0) is 15.0. The number of para-hydroxylation sites is 1. The van der Waals surface area contributed by atoms with E-state index in [4.69, 9.17) is 0 Å². The molecule has 21 heavy (non-hydrogen) atoms. The summed E-state index contributed by atoms with van der Waals surface area (Å²) in [7, 11) is 0. The van der Waals surface area contributed by atoms with Crippen molar-refractivity contribution in [2.24, 2.45) is 0 Å². The summed E-state index contributed by atoms with van der Waals surface area (Å²) in [5.74, 6) is -0.278. The van der Waals surface area contributed by atoms with Gasteiger partial charge in [-0.2, -0.15) is 0 Å². The van der Waals surface area contributed by atoms with Crippen molar-refractivity contribution in [3.63, 3.8) is 0 Å². The molecule has 0 fully saturated rings. The van der Waals surface area contributed by atoms with Crippen LogP contribution < -0.4 is 15.2 Å². The van der Waals surface area contributed by atoms with Gasteiger partial charge in [0.05, 0.1) is 17.1 Å². The van der Waals surface area contributed by atoms with Gasteiger partial charge in [0.2, 0.25) is 0 Å². The van der Waals surface area contributed by atoms with Crippen LogP contribution in [0.25, 0.3) is 11.3 Å². The van der Waals surface area contributed by atoms with E-state index in [0.29, 0.717) is 12.1 Å². The molecule has 0 aliphatic heterocycles. The van der Waals surface area contributed by atoms with Crippen molar-refractivity contribution >= 4 is 5.65 Å². The maximum atomic E-state index is 12.6. The topological polar surface area (TPSA) is 61.3 Å². The van der Waals surface area contributed by atoms with Crippen LogP contribution in [0.5, 0.6) is 5.88 Å². The predicted octanol–water partition coefficient (Wildman–Crippen LogP) is 0.916. The fraction of sp³-hybridized carbons (Fsp3) is 0.188. The molecular weight excluding hydrogens is 266 g/mol. The van der Waals surface area contributed by atoms with Crippen molar-refractivity contribution in [1.29, 1.82) is 0 Å². The van der Waals surface area contributed by atoms with Crippen molar-refractivity contribution in [2.45, 2.75) is 20.3 Å². The quantitative estimate of drug-likeness (QED) is 0.656. The van der Waals surface area contributed by atoms with Crippen LogP contribution in [0.1, 0.15) is 18.2 Å². The second-order valence-electron chi connectivity index (χ2n) is 4.86. The van der Waals surface area contributed by atoms with Crippen LogP contribution >= 0.6 is 0 Å². The standard InChI is InChI=1S/C16H15N3O2/c1-3-13-15(20)18(12-7-5-4-6-8-12)14-10-9-11(2)17-19(14)16(13)21/h4-10H,3H2,1-2H3. The van der Waals surface area contributed by atoms with E-state index in [0.717, 1.165) is 11.4 Å². The molecule has 0 unspecified atom stereocenters. The van der Waals surface area contributed by atoms with E-state index in [1.807, 2.05) is 37.3 Å². The molecule has 0 saturated heterocycles. The van der Waals surface area contributed by atoms with Gasteiger partial charge in [0.25, 0.3) is 0 Å². The van der Waals surface area contributed by atoms with Gasteiger partial charge in [-0.25, -0.2) is 9.36 Å². The fourth-order valence-corrected chi connectivity index (χ4v) is 2.41. The Bertz CT molecular complexity index is 870. The second-order valence-corrected chi connectivity index (χ2v) is 4.86. The van der Waals surface area contributed by atoms with Crippen molar-refractivity contribution in [2.75, 3.05) is 0 Å². The SMILES string of the molecule is CCc1c([O-])[n+](-c2ccccc2)c2ccc(C)nn2c1=O. The maximum absolute atomic E-state index is 12.6. The van der Waals surface area contributed by atoms with Crippen LogP contribution in [0.4, 0.5) is 0 Å². The van der Waals surface area contributed by atoms with Gasteiger partial charge in [-0.05, 0) is 31.5 Å². The van der Waals surface area contributed by atoms with Gasteiger partial charge in [0, 0.05) is 6.07 Å². The number of rotatable bonds is 2. The molecule has 106 valence electrons. The number of nitrogens with zero attached hydrogens (tertiary/aromatic N) is 3. The van der Waals surface area contributed by atoms with E-state index in [9.17, 15) is 9.90 Å². The highest BCUT2D eigenvalue weighted by atomic mass is 16.3. The van der Waals surface area contributed by atoms with E-state index >= 15 is 0 Å². The second kappa shape index (κ2) is 5.01. The minimum atomic E-state index is -0.339. The molecule has 0 N–H and O–H groups in total. The Labute approximate surface area is 121 Å². The summed E-state index contributed by atoms with van der Waals surface area (Å²) in [4.78, 5) is 12.4. The van der Waals surface area contributed by atoms with Gasteiger partial charge in [0.15, 0.2) is 0 Å². The first-order valence-electron chi connectivity index (χ1n) is 6.83. The number of hydrogen-bond donors (Lipinski definition) is 0. The first-order valence-corrected chi connectivity index (χ1v) is 6.83. The molecule has 5 nitrogen and oxygen atoms in total. The summed E-state index contributed by atoms with van der Waals surface area (Å²) >= 11 is 0. The molecule has 1 aromatic carbocycles. The molecular formula is C16H15N3O2. The third-order valence-corrected chi connectivity index (χ3v) is 3.46. The van der Waals surface area contributed by atoms with Crippen molar-refractivity contribution in [3.05, 3.63) is 64.1 Å². The molecule has 0 saturated carbocycles. The molecule has 3 aromatic rings. The molecule has 0 bridgehead atoms. The Morgan fingerprint density at radius 2 is 1.90 bits per heavy atom. The van der Waals surface area contributed by atoms with Gasteiger partial charge < -0.3 is 5.11 Å². The maximum Gasteiger partial charge on any atom is 0.365 e. The molecule has 2 aromatic heterocycles. The minimum absolute atomic E-state index is 0.245. The fourth-order valence-electron chi connectivity index (χ4n) is 2.41. The van der Waals surface area contributed by atoms with E-state index in [-0.39, 0.29) is 17.0 Å². The summed E-state index contributed by atoms with van der Waals surface area (Å²) < 4.78 is 2.84. The Morgan fingerprint density at radius 1 is 1.19 bits per heavy atom. The lowest BCUT2D eigenvalue weighted by atomic mass is 10.2. The van der Waals surface area contributed by atoms with Crippen LogP contribution in [0.15, 0.2) is 47.3 Å². The van der Waals surface area contributed by atoms with Gasteiger partial charge in [0.1, 0.15) is 5.69 Å². The summed E-state index contributed by atoms with van der Waals surface area (Å²) in [6.45, 7) is 3.62. The highest BCUT2D eigenvalue weighted by Gasteiger charge is 2.20. The molecule has 3 rings (SSSR count). The number of hydrogen-bond acceptors (Lipinski definition) is 3. The molecule has 0 radical (unpaired) electrons. The Kier molecular flexibility index (Phi) is 3.17. The lowest BCUT2D eigenvalue weighted by molar-refractivity contribution is -0.632. The van der Waals surface area contributed by atoms with E-state index in [2.05, 4.69) is 5.10 Å². The summed E-state index contributed by atoms with van der Waals surface area (Å²) in [6.07, 6.45) is 0.378. The average molecular weight is 281 g/mol. The van der Waals surface area contributed by atoms with Crippen molar-refractivity contribution in [3.8, 4) is 11.6 Å². The summed E-state index contributed by atoms with van der Waals surface area (Å²) in [5, 5.41) is 16.9. The molecule has 0 atom stereocenters. The van der Waals surface area contributed by atoms with Gasteiger partial charge in [-0.15, -0.1) is 0 Å². The van der Waals surface area contributed by atoms with Gasteiger partial charge >= 0.3 is 11.2 Å². The third kappa shape index (κ3) is 2.07. The van der Waals surface area contributed by atoms with Crippen LogP contribution in [0.2, 0.25) is 0 Å². The van der Waals surface area contributed by atoms with E-state index < -0.39 is 0 Å². The Morgan fingerprint density at radius 3 is 2.57 bits per heavy atom. The zero-order valence-corrected chi connectivity index (χ0v) is 11.9. The predicted molar refractivity (Wildman–Crippen MR) is 76.6 cm³/mol. The zero-order valence-electron chi connectivity index (χ0n) is 11.9. The van der Waals surface area contributed by atoms with Crippen molar-refractivity contribution < 1.29 is 9.67 Å². The molecule has 2 heterocycles. The van der Waals surface area contributed by atoms with Crippen molar-refractivity contribution in [1.82, 2.24) is 9.61 Å². The lowest BCUT2D eigenvalue weighted by Gasteiger charge is -2.15. The highest BCUT2D eigenvalue weighted by Crippen LogP contribution is 2.11. The first-order chi connectivity index (χ1) is 10.1. The Balaban J connectivity index is 2.51. The minimum Gasteiger partial charge on any atom is -0.842 e. The normalized spacial score (nSPS) is 11.0. The molecule has 0 aliphatic carbocycles. The van der Waals surface area contributed by atoms with Crippen LogP contribution in [-0.2, 0) is 6.42 Å². The number of fused-ring (bicyclic) bond motifs is 1. The Hall–Kier alpha value is -2.69. The molecule has 0 aliphatic rings. The third-order valence-electron chi connectivity index (χ3n) is 3.46. The highest BCUT2D eigenvalue weighted by molar-refractivity contribution is 5.38.